The van der Waals surface area contributed by atoms with Gasteiger partial charge in [-0.05, 0) is 25.8 Å². The molecule has 3 nitrogen and oxygen atoms in total. The number of carbonyl (C=O) groups excluding carboxylic acids is 1. The lowest BCUT2D eigenvalue weighted by Crippen LogP contribution is -2.50. The van der Waals surface area contributed by atoms with Gasteiger partial charge >= 0.3 is 0 Å². The van der Waals surface area contributed by atoms with Crippen molar-refractivity contribution in [2.75, 3.05) is 32.7 Å². The summed E-state index contributed by atoms with van der Waals surface area (Å²) in [7, 11) is 0. The predicted molar refractivity (Wildman–Crippen MR) is 67.4 cm³/mol. The van der Waals surface area contributed by atoms with Crippen LogP contribution >= 0.6 is 0 Å². The van der Waals surface area contributed by atoms with Gasteiger partial charge in [0, 0.05) is 32.1 Å². The minimum atomic E-state index is 0.248. The molecule has 0 atom stereocenters. The molecule has 1 aliphatic heterocycles. The third-order valence-corrected chi connectivity index (χ3v) is 3.56. The van der Waals surface area contributed by atoms with Gasteiger partial charge in [-0.25, -0.2) is 0 Å². The predicted octanol–water partition coefficient (Wildman–Crippen LogP) is 1.98. The third-order valence-electron chi connectivity index (χ3n) is 3.56. The molecule has 0 aromatic heterocycles. The first kappa shape index (κ1) is 13.5. The molecule has 0 aromatic carbocycles. The van der Waals surface area contributed by atoms with Crippen molar-refractivity contribution in [1.82, 2.24) is 9.80 Å². The molecule has 0 aromatic rings. The lowest BCUT2D eigenvalue weighted by molar-refractivity contribution is -0.137. The van der Waals surface area contributed by atoms with Gasteiger partial charge in [0.2, 0.25) is 5.91 Å². The zero-order chi connectivity index (χ0) is 12.0. The average molecular weight is 226 g/mol. The number of nitrogens with zero attached hydrogens (tertiary/aromatic N) is 2. The van der Waals surface area contributed by atoms with Crippen LogP contribution in [-0.2, 0) is 4.79 Å². The largest absolute Gasteiger partial charge is 0.340 e. The molecule has 1 heterocycles. The van der Waals surface area contributed by atoms with Gasteiger partial charge in [0.15, 0.2) is 0 Å². The lowest BCUT2D eigenvalue weighted by Gasteiger charge is -2.36. The van der Waals surface area contributed by atoms with E-state index in [2.05, 4.69) is 30.6 Å². The van der Waals surface area contributed by atoms with E-state index in [1.807, 2.05) is 0 Å². The molecule has 0 bridgehead atoms. The van der Waals surface area contributed by atoms with E-state index in [-0.39, 0.29) is 5.92 Å². The number of hydrogen-bond acceptors (Lipinski definition) is 2. The summed E-state index contributed by atoms with van der Waals surface area (Å²) in [5.41, 5.74) is 0. The Hall–Kier alpha value is -0.570. The maximum absolute atomic E-state index is 12.1. The van der Waals surface area contributed by atoms with Crippen LogP contribution in [0.25, 0.3) is 0 Å². The van der Waals surface area contributed by atoms with Gasteiger partial charge in [0.1, 0.15) is 0 Å². The van der Waals surface area contributed by atoms with E-state index in [4.69, 9.17) is 0 Å². The summed E-state index contributed by atoms with van der Waals surface area (Å²) < 4.78 is 0. The van der Waals surface area contributed by atoms with Crippen molar-refractivity contribution >= 4 is 5.91 Å². The van der Waals surface area contributed by atoms with E-state index < -0.39 is 0 Å². The molecule has 16 heavy (non-hydrogen) atoms. The Morgan fingerprint density at radius 2 is 1.62 bits per heavy atom. The van der Waals surface area contributed by atoms with Gasteiger partial charge < -0.3 is 4.90 Å². The maximum atomic E-state index is 12.1. The number of carbonyl (C=O) groups is 1. The van der Waals surface area contributed by atoms with E-state index in [1.54, 1.807) is 0 Å². The number of piperazine rings is 1. The van der Waals surface area contributed by atoms with Gasteiger partial charge in [-0.15, -0.1) is 0 Å². The van der Waals surface area contributed by atoms with Crippen molar-refractivity contribution in [2.45, 2.75) is 40.0 Å². The van der Waals surface area contributed by atoms with Gasteiger partial charge in [-0.1, -0.05) is 20.8 Å². The summed E-state index contributed by atoms with van der Waals surface area (Å²) in [4.78, 5) is 16.6. The summed E-state index contributed by atoms with van der Waals surface area (Å²) in [6.07, 6.45) is 3.16. The van der Waals surface area contributed by atoms with Crippen molar-refractivity contribution in [3.8, 4) is 0 Å². The molecule has 0 aliphatic carbocycles. The van der Waals surface area contributed by atoms with Gasteiger partial charge in [-0.2, -0.15) is 0 Å². The van der Waals surface area contributed by atoms with Gasteiger partial charge in [0.05, 0.1) is 0 Å². The van der Waals surface area contributed by atoms with Crippen molar-refractivity contribution in [2.24, 2.45) is 5.92 Å². The number of amides is 1. The van der Waals surface area contributed by atoms with Crippen LogP contribution in [0.3, 0.4) is 0 Å². The van der Waals surface area contributed by atoms with Gasteiger partial charge in [-0.3, -0.25) is 9.69 Å². The molecule has 1 aliphatic rings. The fourth-order valence-corrected chi connectivity index (χ4v) is 2.40. The highest BCUT2D eigenvalue weighted by Gasteiger charge is 2.24. The molecule has 3 heteroatoms. The van der Waals surface area contributed by atoms with Crippen LogP contribution in [0.5, 0.6) is 0 Å². The highest BCUT2D eigenvalue weighted by Crippen LogP contribution is 2.13. The average Bonchev–Trinajstić information content (AvgIpc) is 2.32. The highest BCUT2D eigenvalue weighted by molar-refractivity contribution is 5.78. The van der Waals surface area contributed by atoms with Crippen molar-refractivity contribution in [3.63, 3.8) is 0 Å². The monoisotopic (exact) mass is 226 g/mol. The molecule has 94 valence electrons. The molecular formula is C13H26N2O. The second-order valence-electron chi connectivity index (χ2n) is 4.68. The third kappa shape index (κ3) is 3.48. The molecule has 0 unspecified atom stereocenters. The van der Waals surface area contributed by atoms with E-state index >= 15 is 0 Å². The molecule has 0 radical (unpaired) electrons. The van der Waals surface area contributed by atoms with Crippen LogP contribution < -0.4 is 0 Å². The molecule has 1 amide bonds. The van der Waals surface area contributed by atoms with Crippen LogP contribution in [0.4, 0.5) is 0 Å². The van der Waals surface area contributed by atoms with Crippen molar-refractivity contribution in [3.05, 3.63) is 0 Å². The Morgan fingerprint density at radius 3 is 2.06 bits per heavy atom. The summed E-state index contributed by atoms with van der Waals surface area (Å²) in [6.45, 7) is 11.6. The number of hydrogen-bond donors (Lipinski definition) is 0. The van der Waals surface area contributed by atoms with Crippen LogP contribution in [-0.4, -0.2) is 48.4 Å². The second kappa shape index (κ2) is 6.89. The normalized spacial score (nSPS) is 18.1. The Kier molecular flexibility index (Phi) is 5.81. The number of rotatable bonds is 5. The molecule has 0 N–H and O–H groups in total. The van der Waals surface area contributed by atoms with Crippen LogP contribution in [0, 0.1) is 5.92 Å². The molecule has 1 saturated heterocycles. The Labute approximate surface area is 99.8 Å². The fraction of sp³-hybridized carbons (Fsp3) is 0.923. The minimum absolute atomic E-state index is 0.248. The van der Waals surface area contributed by atoms with Crippen LogP contribution in [0.1, 0.15) is 40.0 Å². The van der Waals surface area contributed by atoms with Crippen molar-refractivity contribution in [1.29, 1.82) is 0 Å². The zero-order valence-electron chi connectivity index (χ0n) is 11.0. The Morgan fingerprint density at radius 1 is 1.06 bits per heavy atom. The first-order valence-corrected chi connectivity index (χ1v) is 6.74. The SMILES string of the molecule is CCCN1CCN(C(=O)C(CC)CC)CC1. The zero-order valence-corrected chi connectivity index (χ0v) is 11.0. The summed E-state index contributed by atoms with van der Waals surface area (Å²) in [5.74, 6) is 0.624. The lowest BCUT2D eigenvalue weighted by atomic mass is 10.0. The van der Waals surface area contributed by atoms with Crippen molar-refractivity contribution < 1.29 is 4.79 Å². The first-order valence-electron chi connectivity index (χ1n) is 6.74. The molecule has 0 spiro atoms. The first-order chi connectivity index (χ1) is 7.72. The molecule has 1 rings (SSSR count). The second-order valence-corrected chi connectivity index (χ2v) is 4.68. The van der Waals surface area contributed by atoms with E-state index in [0.29, 0.717) is 5.91 Å². The standard InChI is InChI=1S/C13H26N2O/c1-4-7-14-8-10-15(11-9-14)13(16)12(5-2)6-3/h12H,4-11H2,1-3H3. The smallest absolute Gasteiger partial charge is 0.225 e. The summed E-state index contributed by atoms with van der Waals surface area (Å²) in [6, 6.07) is 0. The molecular weight excluding hydrogens is 200 g/mol. The summed E-state index contributed by atoms with van der Waals surface area (Å²) in [5, 5.41) is 0. The van der Waals surface area contributed by atoms with E-state index in [1.165, 1.54) is 13.0 Å². The van der Waals surface area contributed by atoms with Gasteiger partial charge in [0.25, 0.3) is 0 Å². The quantitative estimate of drug-likeness (QED) is 0.715. The Bertz CT molecular complexity index is 206. The van der Waals surface area contributed by atoms with Crippen LogP contribution in [0.15, 0.2) is 0 Å². The topological polar surface area (TPSA) is 23.6 Å². The summed E-state index contributed by atoms with van der Waals surface area (Å²) >= 11 is 0. The fourth-order valence-electron chi connectivity index (χ4n) is 2.40. The highest BCUT2D eigenvalue weighted by atomic mass is 16.2. The molecule has 0 saturated carbocycles. The molecule has 1 fully saturated rings. The minimum Gasteiger partial charge on any atom is -0.340 e. The Balaban J connectivity index is 2.38. The maximum Gasteiger partial charge on any atom is 0.225 e. The van der Waals surface area contributed by atoms with Crippen LogP contribution in [0.2, 0.25) is 0 Å². The van der Waals surface area contributed by atoms with E-state index in [9.17, 15) is 4.79 Å². The van der Waals surface area contributed by atoms with E-state index in [0.717, 1.165) is 39.0 Å².